The van der Waals surface area contributed by atoms with Gasteiger partial charge in [0.1, 0.15) is 11.4 Å². The molecule has 0 radical (unpaired) electrons. The van der Waals surface area contributed by atoms with E-state index in [1.807, 2.05) is 35.2 Å². The van der Waals surface area contributed by atoms with Gasteiger partial charge in [-0.15, -0.1) is 0 Å². The van der Waals surface area contributed by atoms with E-state index in [2.05, 4.69) is 15.1 Å². The maximum absolute atomic E-state index is 12.6. The van der Waals surface area contributed by atoms with Crippen molar-refractivity contribution in [3.63, 3.8) is 0 Å². The van der Waals surface area contributed by atoms with Crippen LogP contribution in [0.1, 0.15) is 15.9 Å². The Morgan fingerprint density at radius 1 is 1.19 bits per heavy atom. The van der Waals surface area contributed by atoms with Crippen LogP contribution < -0.4 is 10.0 Å². The molecule has 2 heterocycles. The minimum Gasteiger partial charge on any atom is -0.348 e. The number of benzene rings is 1. The molecule has 0 bridgehead atoms. The number of nitrogens with one attached hydrogen (secondary N) is 2. The van der Waals surface area contributed by atoms with Crippen molar-refractivity contribution >= 4 is 21.6 Å². The summed E-state index contributed by atoms with van der Waals surface area (Å²) in [6.45, 7) is 0.262. The Kier molecular flexibility index (Phi) is 4.81. The van der Waals surface area contributed by atoms with Crippen LogP contribution in [0.4, 0.5) is 5.69 Å². The lowest BCUT2D eigenvalue weighted by atomic mass is 10.2. The van der Waals surface area contributed by atoms with Gasteiger partial charge in [0.2, 0.25) is 10.0 Å². The highest BCUT2D eigenvalue weighted by atomic mass is 32.2. The maximum atomic E-state index is 12.6. The van der Waals surface area contributed by atoms with E-state index < -0.39 is 10.0 Å². The number of hydrogen-bond acceptors (Lipinski definition) is 4. The zero-order valence-electron chi connectivity index (χ0n) is 14.4. The summed E-state index contributed by atoms with van der Waals surface area (Å²) in [5.74, 6) is 0.406. The number of sulfonamides is 1. The first-order valence-corrected chi connectivity index (χ1v) is 9.73. The molecule has 0 fully saturated rings. The summed E-state index contributed by atoms with van der Waals surface area (Å²) in [6.07, 6.45) is 6.29. The van der Waals surface area contributed by atoms with Crippen LogP contribution in [0.15, 0.2) is 55.0 Å². The topological polar surface area (TPSA) is 98.0 Å². The average molecular weight is 373 g/mol. The molecule has 136 valence electrons. The number of anilines is 1. The molecule has 0 aliphatic heterocycles. The maximum Gasteiger partial charge on any atom is 0.256 e. The average Bonchev–Trinajstić information content (AvgIpc) is 3.20. The number of aryl methyl sites for hydroxylation is 1. The molecule has 0 saturated carbocycles. The van der Waals surface area contributed by atoms with Gasteiger partial charge in [0.05, 0.1) is 12.5 Å². The van der Waals surface area contributed by atoms with Gasteiger partial charge in [0, 0.05) is 31.7 Å². The largest absolute Gasteiger partial charge is 0.348 e. The van der Waals surface area contributed by atoms with Crippen molar-refractivity contribution < 1.29 is 13.2 Å². The first-order valence-electron chi connectivity index (χ1n) is 7.84. The zero-order valence-corrected chi connectivity index (χ0v) is 15.2. The van der Waals surface area contributed by atoms with Crippen molar-refractivity contribution in [3.05, 3.63) is 66.1 Å². The van der Waals surface area contributed by atoms with E-state index in [1.165, 1.54) is 6.20 Å². The standard InChI is InChI=1S/C17H19N5O3S/c1-21-17(22-8-3-4-9-22)15(12-19-21)16(23)18-11-13-6-5-7-14(10-13)20-26(2,24)25/h3-10,12,20H,11H2,1-2H3,(H,18,23). The van der Waals surface area contributed by atoms with E-state index in [9.17, 15) is 13.2 Å². The Bertz CT molecular complexity index is 1020. The molecule has 3 rings (SSSR count). The lowest BCUT2D eigenvalue weighted by Gasteiger charge is -2.10. The molecule has 0 saturated heterocycles. The Morgan fingerprint density at radius 3 is 2.62 bits per heavy atom. The fourth-order valence-electron chi connectivity index (χ4n) is 2.61. The van der Waals surface area contributed by atoms with E-state index in [1.54, 1.807) is 29.9 Å². The molecular formula is C17H19N5O3S. The van der Waals surface area contributed by atoms with E-state index in [0.29, 0.717) is 17.1 Å². The number of amides is 1. The first-order chi connectivity index (χ1) is 12.3. The van der Waals surface area contributed by atoms with Gasteiger partial charge in [-0.05, 0) is 29.8 Å². The van der Waals surface area contributed by atoms with Crippen LogP contribution in [0, 0.1) is 0 Å². The quantitative estimate of drug-likeness (QED) is 0.684. The zero-order chi connectivity index (χ0) is 18.7. The number of carbonyl (C=O) groups is 1. The lowest BCUT2D eigenvalue weighted by molar-refractivity contribution is 0.0951. The van der Waals surface area contributed by atoms with Crippen LogP contribution in [0.2, 0.25) is 0 Å². The predicted octanol–water partition coefficient (Wildman–Crippen LogP) is 1.51. The molecule has 0 aliphatic rings. The van der Waals surface area contributed by atoms with Crippen LogP contribution in [0.5, 0.6) is 0 Å². The lowest BCUT2D eigenvalue weighted by Crippen LogP contribution is -2.24. The highest BCUT2D eigenvalue weighted by molar-refractivity contribution is 7.92. The van der Waals surface area contributed by atoms with Crippen molar-refractivity contribution in [2.24, 2.45) is 7.05 Å². The summed E-state index contributed by atoms with van der Waals surface area (Å²) in [5.41, 5.74) is 1.68. The summed E-state index contributed by atoms with van der Waals surface area (Å²) in [5, 5.41) is 7.00. The van der Waals surface area contributed by atoms with Crippen LogP contribution in [0.3, 0.4) is 0 Å². The number of hydrogen-bond donors (Lipinski definition) is 2. The molecule has 8 nitrogen and oxygen atoms in total. The smallest absolute Gasteiger partial charge is 0.256 e. The van der Waals surface area contributed by atoms with Crippen LogP contribution in [-0.2, 0) is 23.6 Å². The van der Waals surface area contributed by atoms with E-state index >= 15 is 0 Å². The normalized spacial score (nSPS) is 11.3. The van der Waals surface area contributed by atoms with Crippen molar-refractivity contribution in [2.75, 3.05) is 11.0 Å². The van der Waals surface area contributed by atoms with Crippen molar-refractivity contribution in [3.8, 4) is 5.82 Å². The molecule has 2 aromatic heterocycles. The molecule has 0 atom stereocenters. The van der Waals surface area contributed by atoms with E-state index in [-0.39, 0.29) is 12.5 Å². The van der Waals surface area contributed by atoms with Gasteiger partial charge in [-0.25, -0.2) is 8.42 Å². The van der Waals surface area contributed by atoms with Gasteiger partial charge in [-0.1, -0.05) is 12.1 Å². The number of carbonyl (C=O) groups excluding carboxylic acids is 1. The summed E-state index contributed by atoms with van der Waals surface area (Å²) < 4.78 is 28.5. The van der Waals surface area contributed by atoms with E-state index in [0.717, 1.165) is 11.8 Å². The molecule has 0 unspecified atom stereocenters. The molecule has 0 spiro atoms. The van der Waals surface area contributed by atoms with Gasteiger partial charge < -0.3 is 9.88 Å². The predicted molar refractivity (Wildman–Crippen MR) is 98.6 cm³/mol. The van der Waals surface area contributed by atoms with Crippen molar-refractivity contribution in [1.82, 2.24) is 19.7 Å². The monoisotopic (exact) mass is 373 g/mol. The fraction of sp³-hybridized carbons (Fsp3) is 0.176. The Hall–Kier alpha value is -3.07. The Labute approximate surface area is 151 Å². The Balaban J connectivity index is 1.74. The molecular weight excluding hydrogens is 354 g/mol. The Morgan fingerprint density at radius 2 is 1.92 bits per heavy atom. The summed E-state index contributed by atoms with van der Waals surface area (Å²) in [4.78, 5) is 12.6. The fourth-order valence-corrected chi connectivity index (χ4v) is 3.16. The number of rotatable bonds is 6. The van der Waals surface area contributed by atoms with Crippen molar-refractivity contribution in [1.29, 1.82) is 0 Å². The molecule has 2 N–H and O–H groups in total. The second kappa shape index (κ2) is 7.04. The van der Waals surface area contributed by atoms with Gasteiger partial charge in [0.15, 0.2) is 0 Å². The van der Waals surface area contributed by atoms with Crippen LogP contribution in [-0.4, -0.2) is 34.9 Å². The minimum absolute atomic E-state index is 0.261. The third-order valence-electron chi connectivity index (χ3n) is 3.68. The second-order valence-corrected chi connectivity index (χ2v) is 7.60. The highest BCUT2D eigenvalue weighted by Crippen LogP contribution is 2.15. The first kappa shape index (κ1) is 17.7. The molecule has 3 aromatic rings. The third-order valence-corrected chi connectivity index (χ3v) is 4.29. The molecule has 1 amide bonds. The molecule has 9 heteroatoms. The van der Waals surface area contributed by atoms with Gasteiger partial charge >= 0.3 is 0 Å². The van der Waals surface area contributed by atoms with E-state index in [4.69, 9.17) is 0 Å². The minimum atomic E-state index is -3.35. The molecule has 26 heavy (non-hydrogen) atoms. The SMILES string of the molecule is Cn1ncc(C(=O)NCc2cccc(NS(C)(=O)=O)c2)c1-n1cccc1. The number of aromatic nitrogens is 3. The summed E-state index contributed by atoms with van der Waals surface area (Å²) in [7, 11) is -1.58. The number of nitrogens with zero attached hydrogens (tertiary/aromatic N) is 3. The van der Waals surface area contributed by atoms with Gasteiger partial charge in [-0.3, -0.25) is 14.2 Å². The van der Waals surface area contributed by atoms with Crippen LogP contribution >= 0.6 is 0 Å². The van der Waals surface area contributed by atoms with Gasteiger partial charge in [-0.2, -0.15) is 5.10 Å². The molecule has 0 aliphatic carbocycles. The second-order valence-electron chi connectivity index (χ2n) is 5.85. The summed E-state index contributed by atoms with van der Waals surface area (Å²) >= 11 is 0. The van der Waals surface area contributed by atoms with Crippen LogP contribution in [0.25, 0.3) is 5.82 Å². The molecule has 1 aromatic carbocycles. The van der Waals surface area contributed by atoms with Crippen molar-refractivity contribution in [2.45, 2.75) is 6.54 Å². The third kappa shape index (κ3) is 4.12. The van der Waals surface area contributed by atoms with Gasteiger partial charge in [0.25, 0.3) is 5.91 Å². The summed E-state index contributed by atoms with van der Waals surface area (Å²) in [6, 6.07) is 10.6. The highest BCUT2D eigenvalue weighted by Gasteiger charge is 2.17.